The van der Waals surface area contributed by atoms with Gasteiger partial charge in [-0.3, -0.25) is 14.3 Å². The van der Waals surface area contributed by atoms with E-state index < -0.39 is 29.3 Å². The molecule has 39 heavy (non-hydrogen) atoms. The number of carbonyl (C=O) groups is 2. The van der Waals surface area contributed by atoms with Gasteiger partial charge in [-0.15, -0.1) is 0 Å². The summed E-state index contributed by atoms with van der Waals surface area (Å²) in [5.74, 6) is 0.216. The second-order valence-electron chi connectivity index (χ2n) is 10.2. The highest BCUT2D eigenvalue weighted by atomic mass is 35.5. The van der Waals surface area contributed by atoms with Gasteiger partial charge in [0.25, 0.3) is 5.56 Å². The fourth-order valence-electron chi connectivity index (χ4n) is 4.61. The molecule has 202 valence electrons. The normalized spacial score (nSPS) is 12.2. The van der Waals surface area contributed by atoms with E-state index in [1.165, 1.54) is 9.47 Å². The van der Waals surface area contributed by atoms with Gasteiger partial charge >= 0.3 is 12.1 Å². The number of rotatable bonds is 5. The summed E-state index contributed by atoms with van der Waals surface area (Å²) in [6.45, 7) is 8.90. The predicted octanol–water partition coefficient (Wildman–Crippen LogP) is 6.83. The van der Waals surface area contributed by atoms with Gasteiger partial charge in [0, 0.05) is 16.9 Å². The highest BCUT2D eigenvalue weighted by Crippen LogP contribution is 2.30. The third kappa shape index (κ3) is 5.73. The summed E-state index contributed by atoms with van der Waals surface area (Å²) >= 11 is 6.41. The van der Waals surface area contributed by atoms with Crippen LogP contribution >= 0.6 is 11.6 Å². The van der Waals surface area contributed by atoms with Crippen molar-refractivity contribution < 1.29 is 14.7 Å². The maximum atomic E-state index is 13.9. The minimum atomic E-state index is -1.15. The third-order valence-electron chi connectivity index (χ3n) is 6.32. The molecule has 0 unspecified atom stereocenters. The number of hydrogen-bond acceptors (Lipinski definition) is 4. The second-order valence-corrected chi connectivity index (χ2v) is 10.6. The van der Waals surface area contributed by atoms with E-state index in [1.54, 1.807) is 76.2 Å². The number of carboxylic acid groups (broad SMARTS) is 1. The first kappa shape index (κ1) is 27.7. The molecule has 0 spiro atoms. The maximum Gasteiger partial charge on any atom is 0.408 e. The van der Waals surface area contributed by atoms with Gasteiger partial charge in [-0.25, -0.2) is 14.6 Å². The Morgan fingerprint density at radius 3 is 2.38 bits per heavy atom. The van der Waals surface area contributed by atoms with Gasteiger partial charge in [-0.05, 0) is 76.6 Å². The summed E-state index contributed by atoms with van der Waals surface area (Å²) in [6, 6.07) is 17.8. The number of anilines is 2. The van der Waals surface area contributed by atoms with Crippen LogP contribution in [-0.2, 0) is 0 Å². The van der Waals surface area contributed by atoms with Crippen molar-refractivity contribution in [3.8, 4) is 5.69 Å². The zero-order chi connectivity index (χ0) is 28.5. The van der Waals surface area contributed by atoms with Gasteiger partial charge in [0.1, 0.15) is 5.82 Å². The van der Waals surface area contributed by atoms with Crippen molar-refractivity contribution in [3.63, 3.8) is 0 Å². The summed E-state index contributed by atoms with van der Waals surface area (Å²) < 4.78 is 1.35. The number of hydrogen-bond donors (Lipinski definition) is 3. The predicted molar refractivity (Wildman–Crippen MR) is 154 cm³/mol. The Kier molecular flexibility index (Phi) is 7.65. The molecule has 3 N–H and O–H groups in total. The average Bonchev–Trinajstić information content (AvgIpc) is 2.84. The van der Waals surface area contributed by atoms with Crippen molar-refractivity contribution in [2.45, 2.75) is 46.2 Å². The van der Waals surface area contributed by atoms with Crippen molar-refractivity contribution in [1.82, 2.24) is 14.5 Å². The highest BCUT2D eigenvalue weighted by Gasteiger charge is 2.34. The van der Waals surface area contributed by atoms with Crippen molar-refractivity contribution in [1.29, 1.82) is 0 Å². The van der Waals surface area contributed by atoms with E-state index >= 15 is 0 Å². The quantitative estimate of drug-likeness (QED) is 0.253. The lowest BCUT2D eigenvalue weighted by atomic mass is 10.0. The molecule has 1 heterocycles. The number of aromatic nitrogens is 2. The Morgan fingerprint density at radius 1 is 1.03 bits per heavy atom. The monoisotopic (exact) mass is 547 g/mol. The van der Waals surface area contributed by atoms with Gasteiger partial charge in [0.05, 0.1) is 27.7 Å². The van der Waals surface area contributed by atoms with E-state index in [0.29, 0.717) is 22.6 Å². The Hall–Kier alpha value is -4.37. The summed E-state index contributed by atoms with van der Waals surface area (Å²) in [6.07, 6.45) is -1.15. The van der Waals surface area contributed by atoms with Crippen LogP contribution in [0, 0.1) is 6.92 Å². The molecule has 0 fully saturated rings. The van der Waals surface area contributed by atoms with Crippen molar-refractivity contribution in [2.75, 3.05) is 10.6 Å². The number of halogens is 1. The van der Waals surface area contributed by atoms with E-state index in [4.69, 9.17) is 16.6 Å². The third-order valence-corrected chi connectivity index (χ3v) is 6.63. The zero-order valence-electron chi connectivity index (χ0n) is 22.3. The lowest BCUT2D eigenvalue weighted by Gasteiger charge is -2.38. The molecule has 0 saturated carbocycles. The molecule has 10 heteroatoms. The molecule has 4 aromatic rings. The Bertz CT molecular complexity index is 1630. The maximum absolute atomic E-state index is 13.9. The first-order valence-corrected chi connectivity index (χ1v) is 12.7. The first-order chi connectivity index (χ1) is 18.4. The van der Waals surface area contributed by atoms with E-state index in [2.05, 4.69) is 10.6 Å². The van der Waals surface area contributed by atoms with E-state index in [-0.39, 0.29) is 16.2 Å². The summed E-state index contributed by atoms with van der Waals surface area (Å²) in [5, 5.41) is 16.1. The molecular weight excluding hydrogens is 518 g/mol. The molecule has 9 nitrogen and oxygen atoms in total. The van der Waals surface area contributed by atoms with Gasteiger partial charge in [-0.1, -0.05) is 41.9 Å². The second kappa shape index (κ2) is 10.8. The largest absolute Gasteiger partial charge is 0.465 e. The molecule has 0 aliphatic heterocycles. The number of fused-ring (bicyclic) bond motifs is 1. The van der Waals surface area contributed by atoms with Crippen molar-refractivity contribution >= 4 is 46.0 Å². The van der Waals surface area contributed by atoms with Crippen LogP contribution in [0.2, 0.25) is 5.02 Å². The number of nitrogens with one attached hydrogen (secondary N) is 2. The van der Waals surface area contributed by atoms with Gasteiger partial charge in [-0.2, -0.15) is 0 Å². The van der Waals surface area contributed by atoms with Crippen molar-refractivity contribution in [2.24, 2.45) is 0 Å². The highest BCUT2D eigenvalue weighted by molar-refractivity contribution is 6.35. The molecule has 3 amide bonds. The minimum Gasteiger partial charge on any atom is -0.465 e. The molecule has 1 atom stereocenters. The molecule has 3 aromatic carbocycles. The molecule has 0 aliphatic carbocycles. The Balaban J connectivity index is 1.83. The van der Waals surface area contributed by atoms with E-state index in [0.717, 1.165) is 5.56 Å². The number of carbonyl (C=O) groups excluding carboxylic acids is 1. The number of aryl methyl sites for hydroxylation is 1. The zero-order valence-corrected chi connectivity index (χ0v) is 23.1. The summed E-state index contributed by atoms with van der Waals surface area (Å²) in [7, 11) is 0. The SMILES string of the molecule is Cc1ccccc1NC(=O)Nc1cccc(-n2c([C@H](C)N(C(=O)O)C(C)(C)C)nc3cccc(Cl)c3c2=O)c1. The topological polar surface area (TPSA) is 117 Å². The van der Waals surface area contributed by atoms with Crippen molar-refractivity contribution in [3.05, 3.63) is 93.5 Å². The van der Waals surface area contributed by atoms with Crippen LogP contribution in [0.4, 0.5) is 21.0 Å². The van der Waals surface area contributed by atoms with Crippen LogP contribution in [0.3, 0.4) is 0 Å². The first-order valence-electron chi connectivity index (χ1n) is 12.4. The number of urea groups is 1. The molecule has 1 aromatic heterocycles. The number of nitrogens with zero attached hydrogens (tertiary/aromatic N) is 3. The Labute approximate surface area is 231 Å². The number of para-hydroxylation sites is 1. The fraction of sp³-hybridized carbons (Fsp3) is 0.241. The number of benzene rings is 3. The molecule has 0 radical (unpaired) electrons. The van der Waals surface area contributed by atoms with Crippen LogP contribution in [0.25, 0.3) is 16.6 Å². The van der Waals surface area contributed by atoms with E-state index in [1.807, 2.05) is 25.1 Å². The number of amides is 3. The average molecular weight is 548 g/mol. The molecular formula is C29H30ClN5O4. The lowest BCUT2D eigenvalue weighted by molar-refractivity contribution is 0.0719. The Morgan fingerprint density at radius 2 is 1.72 bits per heavy atom. The van der Waals surface area contributed by atoms with Crippen LogP contribution < -0.4 is 16.2 Å². The fourth-order valence-corrected chi connectivity index (χ4v) is 4.86. The molecule has 0 saturated heterocycles. The molecule has 0 bridgehead atoms. The van der Waals surface area contributed by atoms with Crippen LogP contribution in [0.1, 0.15) is 45.1 Å². The van der Waals surface area contributed by atoms with Gasteiger partial charge in [0.15, 0.2) is 0 Å². The standard InChI is InChI=1S/C29H30ClN5O4/c1-17-10-6-7-14-22(17)33-27(37)31-19-11-8-12-20(16-19)34-25(18(2)35(28(38)39)29(3,4)5)32-23-15-9-13-21(30)24(23)26(34)36/h6-16,18H,1-5H3,(H,38,39)(H2,31,33,37)/t18-/m0/s1. The van der Waals surface area contributed by atoms with Gasteiger partial charge in [0.2, 0.25) is 0 Å². The molecule has 4 rings (SSSR count). The summed E-state index contributed by atoms with van der Waals surface area (Å²) in [4.78, 5) is 44.9. The lowest BCUT2D eigenvalue weighted by Crippen LogP contribution is -2.47. The van der Waals surface area contributed by atoms with E-state index in [9.17, 15) is 19.5 Å². The molecule has 0 aliphatic rings. The van der Waals surface area contributed by atoms with Crippen LogP contribution in [-0.4, -0.2) is 37.2 Å². The van der Waals surface area contributed by atoms with Gasteiger partial charge < -0.3 is 15.7 Å². The van der Waals surface area contributed by atoms with Crippen LogP contribution in [0.5, 0.6) is 0 Å². The minimum absolute atomic E-state index is 0.211. The summed E-state index contributed by atoms with van der Waals surface area (Å²) in [5.41, 5.74) is 1.52. The van der Waals surface area contributed by atoms with Crippen LogP contribution in [0.15, 0.2) is 71.5 Å². The smallest absolute Gasteiger partial charge is 0.408 e.